The van der Waals surface area contributed by atoms with E-state index in [1.54, 1.807) is 12.1 Å². The maximum atomic E-state index is 11.8. The summed E-state index contributed by atoms with van der Waals surface area (Å²) in [5.74, 6) is -0.00747. The fraction of sp³-hybridized carbons (Fsp3) is 0.571. The zero-order chi connectivity index (χ0) is 13.4. The molecule has 100 valence electrons. The van der Waals surface area contributed by atoms with E-state index < -0.39 is 5.97 Å². The summed E-state index contributed by atoms with van der Waals surface area (Å²) < 4.78 is 5.27. The second-order valence-corrected chi connectivity index (χ2v) is 4.76. The monoisotopic (exact) mass is 269 g/mol. The summed E-state index contributed by atoms with van der Waals surface area (Å²) >= 11 is 5.89. The lowest BCUT2D eigenvalue weighted by Crippen LogP contribution is -2.15. The van der Waals surface area contributed by atoms with E-state index in [0.29, 0.717) is 17.5 Å². The van der Waals surface area contributed by atoms with Gasteiger partial charge in [0, 0.05) is 6.20 Å². The Morgan fingerprint density at radius 2 is 2.28 bits per heavy atom. The minimum Gasteiger partial charge on any atom is -0.461 e. The maximum Gasteiger partial charge on any atom is 0.358 e. The number of nitrogens with zero attached hydrogens (tertiary/aromatic N) is 1. The van der Waals surface area contributed by atoms with Crippen LogP contribution in [0.2, 0.25) is 5.02 Å². The lowest BCUT2D eigenvalue weighted by atomic mass is 10.0. The van der Waals surface area contributed by atoms with Crippen molar-refractivity contribution in [3.05, 3.63) is 29.0 Å². The van der Waals surface area contributed by atoms with E-state index in [0.717, 1.165) is 19.3 Å². The van der Waals surface area contributed by atoms with E-state index in [4.69, 9.17) is 16.3 Å². The third-order valence-electron chi connectivity index (χ3n) is 2.95. The fourth-order valence-electron chi connectivity index (χ4n) is 1.70. The molecule has 1 atom stereocenters. The highest BCUT2D eigenvalue weighted by atomic mass is 35.5. The van der Waals surface area contributed by atoms with Crippen LogP contribution >= 0.6 is 11.6 Å². The van der Waals surface area contributed by atoms with Gasteiger partial charge < -0.3 is 4.74 Å². The van der Waals surface area contributed by atoms with Gasteiger partial charge in [-0.15, -0.1) is 0 Å². The smallest absolute Gasteiger partial charge is 0.358 e. The van der Waals surface area contributed by atoms with Crippen molar-refractivity contribution in [2.24, 2.45) is 5.92 Å². The Morgan fingerprint density at radius 1 is 1.50 bits per heavy atom. The normalized spacial score (nSPS) is 12.2. The van der Waals surface area contributed by atoms with Crippen molar-refractivity contribution in [3.8, 4) is 0 Å². The Balaban J connectivity index is 2.47. The number of hydrogen-bond donors (Lipinski definition) is 0. The van der Waals surface area contributed by atoms with Gasteiger partial charge >= 0.3 is 5.97 Å². The molecule has 1 unspecified atom stereocenters. The van der Waals surface area contributed by atoms with E-state index in [2.05, 4.69) is 18.8 Å². The van der Waals surface area contributed by atoms with Gasteiger partial charge in [0.15, 0.2) is 5.69 Å². The maximum absolute atomic E-state index is 11.8. The predicted molar refractivity (Wildman–Crippen MR) is 72.8 cm³/mol. The third kappa shape index (κ3) is 4.65. The molecular weight excluding hydrogens is 250 g/mol. The number of ether oxygens (including phenoxy) is 1. The number of halogens is 1. The van der Waals surface area contributed by atoms with Gasteiger partial charge in [-0.25, -0.2) is 9.78 Å². The van der Waals surface area contributed by atoms with Crippen LogP contribution < -0.4 is 0 Å². The van der Waals surface area contributed by atoms with Crippen molar-refractivity contribution in [2.45, 2.75) is 39.5 Å². The third-order valence-corrected chi connectivity index (χ3v) is 3.25. The quantitative estimate of drug-likeness (QED) is 0.700. The number of aromatic nitrogens is 1. The summed E-state index contributed by atoms with van der Waals surface area (Å²) in [6.07, 6.45) is 5.98. The van der Waals surface area contributed by atoms with Gasteiger partial charge in [-0.05, 0) is 24.5 Å². The number of carbonyl (C=O) groups excluding carboxylic acids is 1. The van der Waals surface area contributed by atoms with Crippen molar-refractivity contribution in [1.29, 1.82) is 0 Å². The standard InChI is InChI=1S/C14H20ClNO2/c1-3-5-7-11(4-2)10-18-14(17)13-12(15)8-6-9-16-13/h6,8-9,11H,3-5,7,10H2,1-2H3. The second-order valence-electron chi connectivity index (χ2n) is 4.35. The predicted octanol–water partition coefficient (Wildman–Crippen LogP) is 4.11. The molecule has 3 nitrogen and oxygen atoms in total. The van der Waals surface area contributed by atoms with Crippen molar-refractivity contribution >= 4 is 17.6 Å². The van der Waals surface area contributed by atoms with Gasteiger partial charge in [0.05, 0.1) is 11.6 Å². The van der Waals surface area contributed by atoms with E-state index >= 15 is 0 Å². The first-order chi connectivity index (χ1) is 8.69. The molecule has 0 aliphatic rings. The molecule has 0 spiro atoms. The highest BCUT2D eigenvalue weighted by Gasteiger charge is 2.15. The molecule has 0 saturated heterocycles. The molecule has 1 aromatic heterocycles. The van der Waals surface area contributed by atoms with E-state index in [1.165, 1.54) is 12.6 Å². The average Bonchev–Trinajstić information content (AvgIpc) is 2.39. The van der Waals surface area contributed by atoms with Crippen molar-refractivity contribution in [3.63, 3.8) is 0 Å². The first-order valence-corrected chi connectivity index (χ1v) is 6.84. The Labute approximate surface area is 114 Å². The Kier molecular flexibility index (Phi) is 6.73. The second kappa shape index (κ2) is 8.09. The molecule has 0 saturated carbocycles. The summed E-state index contributed by atoms with van der Waals surface area (Å²) in [7, 11) is 0. The number of unbranched alkanes of at least 4 members (excludes halogenated alkanes) is 1. The van der Waals surface area contributed by atoms with Gasteiger partial charge in [-0.2, -0.15) is 0 Å². The zero-order valence-electron chi connectivity index (χ0n) is 11.0. The Bertz CT molecular complexity index is 382. The number of esters is 1. The summed E-state index contributed by atoms with van der Waals surface area (Å²) in [6, 6.07) is 3.33. The minimum absolute atomic E-state index is 0.199. The summed E-state index contributed by atoms with van der Waals surface area (Å²) in [5.41, 5.74) is 0.199. The minimum atomic E-state index is -0.435. The molecule has 0 fully saturated rings. The first-order valence-electron chi connectivity index (χ1n) is 6.46. The van der Waals surface area contributed by atoms with Gasteiger partial charge in [-0.3, -0.25) is 0 Å². The van der Waals surface area contributed by atoms with Crippen LogP contribution in [0.4, 0.5) is 0 Å². The molecule has 0 N–H and O–H groups in total. The molecule has 1 aromatic rings. The first kappa shape index (κ1) is 15.0. The topological polar surface area (TPSA) is 39.2 Å². The molecule has 0 aliphatic heterocycles. The van der Waals surface area contributed by atoms with E-state index in [-0.39, 0.29) is 5.69 Å². The highest BCUT2D eigenvalue weighted by Crippen LogP contribution is 2.16. The van der Waals surface area contributed by atoms with Crippen LogP contribution in [-0.4, -0.2) is 17.6 Å². The van der Waals surface area contributed by atoms with Gasteiger partial charge in [0.1, 0.15) is 0 Å². The molecule has 0 amide bonds. The number of carbonyl (C=O) groups is 1. The van der Waals surface area contributed by atoms with Crippen LogP contribution in [0.5, 0.6) is 0 Å². The highest BCUT2D eigenvalue weighted by molar-refractivity contribution is 6.33. The van der Waals surface area contributed by atoms with Crippen molar-refractivity contribution in [2.75, 3.05) is 6.61 Å². The number of rotatable bonds is 7. The summed E-state index contributed by atoms with van der Waals surface area (Å²) in [5, 5.41) is 0.337. The lowest BCUT2D eigenvalue weighted by Gasteiger charge is -2.14. The average molecular weight is 270 g/mol. The largest absolute Gasteiger partial charge is 0.461 e. The van der Waals surface area contributed by atoms with E-state index in [1.807, 2.05) is 0 Å². The molecule has 4 heteroatoms. The molecule has 18 heavy (non-hydrogen) atoms. The van der Waals surface area contributed by atoms with Crippen LogP contribution in [0.3, 0.4) is 0 Å². The van der Waals surface area contributed by atoms with E-state index in [9.17, 15) is 4.79 Å². The molecular formula is C14H20ClNO2. The van der Waals surface area contributed by atoms with Crippen molar-refractivity contribution < 1.29 is 9.53 Å². The van der Waals surface area contributed by atoms with Gasteiger partial charge in [0.2, 0.25) is 0 Å². The molecule has 1 heterocycles. The molecule has 0 aromatic carbocycles. The van der Waals surface area contributed by atoms with Gasteiger partial charge in [-0.1, -0.05) is 44.7 Å². The number of hydrogen-bond acceptors (Lipinski definition) is 3. The van der Waals surface area contributed by atoms with Crippen LogP contribution in [0.1, 0.15) is 50.0 Å². The van der Waals surface area contributed by atoms with Crippen molar-refractivity contribution in [1.82, 2.24) is 4.98 Å². The molecule has 1 rings (SSSR count). The Hall–Kier alpha value is -1.09. The molecule has 0 bridgehead atoms. The summed E-state index contributed by atoms with van der Waals surface area (Å²) in [6.45, 7) is 4.72. The van der Waals surface area contributed by atoms with Crippen LogP contribution in [0.25, 0.3) is 0 Å². The lowest BCUT2D eigenvalue weighted by molar-refractivity contribution is 0.0421. The SMILES string of the molecule is CCCCC(CC)COC(=O)c1ncccc1Cl. The van der Waals surface area contributed by atoms with Crippen LogP contribution in [0.15, 0.2) is 18.3 Å². The van der Waals surface area contributed by atoms with Crippen LogP contribution in [0, 0.1) is 5.92 Å². The number of pyridine rings is 1. The Morgan fingerprint density at radius 3 is 2.89 bits per heavy atom. The zero-order valence-corrected chi connectivity index (χ0v) is 11.7. The van der Waals surface area contributed by atoms with Gasteiger partial charge in [0.25, 0.3) is 0 Å². The molecule has 0 aliphatic carbocycles. The molecule has 0 radical (unpaired) electrons. The summed E-state index contributed by atoms with van der Waals surface area (Å²) in [4.78, 5) is 15.7. The fourth-order valence-corrected chi connectivity index (χ4v) is 1.89. The van der Waals surface area contributed by atoms with Crippen LogP contribution in [-0.2, 0) is 4.74 Å².